The van der Waals surface area contributed by atoms with Crippen LogP contribution in [0.15, 0.2) is 11.8 Å². The number of allylic oxidation sites excluding steroid dienone is 1. The summed E-state index contributed by atoms with van der Waals surface area (Å²) in [5, 5.41) is 0. The summed E-state index contributed by atoms with van der Waals surface area (Å²) in [6.07, 6.45) is 4.78. The summed E-state index contributed by atoms with van der Waals surface area (Å²) in [6, 6.07) is 0. The van der Waals surface area contributed by atoms with Gasteiger partial charge in [-0.05, 0) is 18.9 Å². The third kappa shape index (κ3) is 4.01. The van der Waals surface area contributed by atoms with Gasteiger partial charge in [-0.1, -0.05) is 13.3 Å². The number of unbranched alkanes of at least 4 members (excludes halogenated alkanes) is 2. The number of esters is 1. The first-order chi connectivity index (χ1) is 5.76. The Labute approximate surface area is 73.4 Å². The van der Waals surface area contributed by atoms with Crippen molar-refractivity contribution in [2.45, 2.75) is 26.2 Å². The first-order valence-corrected chi connectivity index (χ1v) is 4.08. The van der Waals surface area contributed by atoms with Crippen molar-refractivity contribution in [3.63, 3.8) is 0 Å². The van der Waals surface area contributed by atoms with Crippen molar-refractivity contribution < 1.29 is 14.3 Å². The smallest absolute Gasteiger partial charge is 0.372 e. The molecule has 0 aliphatic carbocycles. The number of ether oxygens (including phenoxy) is 2. The second-order valence-corrected chi connectivity index (χ2v) is 2.41. The molecule has 0 atom stereocenters. The van der Waals surface area contributed by atoms with Gasteiger partial charge in [0, 0.05) is 0 Å². The van der Waals surface area contributed by atoms with Gasteiger partial charge in [-0.25, -0.2) is 4.79 Å². The molecular weight excluding hydrogens is 156 g/mol. The molecule has 0 radical (unpaired) electrons. The standard InChI is InChI=1S/C9H16O3/c1-4-5-6-7-8(11-2)9(10)12-3/h7H,4-6H2,1-3H3/b8-7-. The minimum atomic E-state index is -0.409. The Hall–Kier alpha value is -0.990. The Balaban J connectivity index is 3.95. The predicted molar refractivity (Wildman–Crippen MR) is 46.6 cm³/mol. The summed E-state index contributed by atoms with van der Waals surface area (Å²) in [6.45, 7) is 2.10. The average Bonchev–Trinajstić information content (AvgIpc) is 2.11. The van der Waals surface area contributed by atoms with Crippen molar-refractivity contribution in [1.82, 2.24) is 0 Å². The number of rotatable bonds is 5. The van der Waals surface area contributed by atoms with Gasteiger partial charge in [0.2, 0.25) is 0 Å². The van der Waals surface area contributed by atoms with Gasteiger partial charge in [0.1, 0.15) is 0 Å². The molecule has 0 aliphatic heterocycles. The van der Waals surface area contributed by atoms with Gasteiger partial charge in [0.15, 0.2) is 5.76 Å². The highest BCUT2D eigenvalue weighted by molar-refractivity contribution is 5.85. The van der Waals surface area contributed by atoms with Crippen molar-refractivity contribution in [1.29, 1.82) is 0 Å². The zero-order chi connectivity index (χ0) is 9.40. The van der Waals surface area contributed by atoms with E-state index in [-0.39, 0.29) is 0 Å². The minimum absolute atomic E-state index is 0.297. The fourth-order valence-electron chi connectivity index (χ4n) is 0.788. The summed E-state index contributed by atoms with van der Waals surface area (Å²) in [5.74, 6) is -0.112. The molecular formula is C9H16O3. The maximum Gasteiger partial charge on any atom is 0.372 e. The van der Waals surface area contributed by atoms with Crippen LogP contribution in [0.4, 0.5) is 0 Å². The molecule has 0 amide bonds. The molecule has 0 rings (SSSR count). The molecule has 0 saturated carbocycles. The van der Waals surface area contributed by atoms with Gasteiger partial charge >= 0.3 is 5.97 Å². The van der Waals surface area contributed by atoms with Crippen LogP contribution < -0.4 is 0 Å². The van der Waals surface area contributed by atoms with Crippen molar-refractivity contribution in [2.24, 2.45) is 0 Å². The summed E-state index contributed by atoms with van der Waals surface area (Å²) in [5.41, 5.74) is 0. The van der Waals surface area contributed by atoms with Gasteiger partial charge in [-0.3, -0.25) is 0 Å². The lowest BCUT2D eigenvalue weighted by molar-refractivity contribution is -0.139. The van der Waals surface area contributed by atoms with E-state index in [0.29, 0.717) is 5.76 Å². The van der Waals surface area contributed by atoms with Gasteiger partial charge in [-0.2, -0.15) is 0 Å². The quantitative estimate of drug-likeness (QED) is 0.275. The number of hydrogen-bond acceptors (Lipinski definition) is 3. The van der Waals surface area contributed by atoms with E-state index in [1.54, 1.807) is 6.08 Å². The summed E-state index contributed by atoms with van der Waals surface area (Å²) < 4.78 is 9.34. The zero-order valence-electron chi connectivity index (χ0n) is 7.92. The molecule has 0 aliphatic rings. The van der Waals surface area contributed by atoms with Crippen LogP contribution in [-0.4, -0.2) is 20.2 Å². The molecule has 0 aromatic heterocycles. The molecule has 3 nitrogen and oxygen atoms in total. The van der Waals surface area contributed by atoms with E-state index in [1.807, 2.05) is 0 Å². The number of carbonyl (C=O) groups excluding carboxylic acids is 1. The largest absolute Gasteiger partial charge is 0.490 e. The lowest BCUT2D eigenvalue weighted by atomic mass is 10.2. The van der Waals surface area contributed by atoms with Gasteiger partial charge in [-0.15, -0.1) is 0 Å². The number of methoxy groups -OCH3 is 2. The Bertz CT molecular complexity index is 161. The highest BCUT2D eigenvalue weighted by Gasteiger charge is 2.07. The molecule has 0 heterocycles. The SMILES string of the molecule is CCCC/C=C(\OC)C(=O)OC. The molecule has 3 heteroatoms. The normalized spacial score (nSPS) is 11.1. The van der Waals surface area contributed by atoms with Crippen molar-refractivity contribution in [3.8, 4) is 0 Å². The van der Waals surface area contributed by atoms with E-state index in [2.05, 4.69) is 11.7 Å². The highest BCUT2D eigenvalue weighted by atomic mass is 16.6. The lowest BCUT2D eigenvalue weighted by Crippen LogP contribution is -2.06. The third-order valence-electron chi connectivity index (χ3n) is 1.49. The van der Waals surface area contributed by atoms with E-state index in [0.717, 1.165) is 19.3 Å². The lowest BCUT2D eigenvalue weighted by Gasteiger charge is -2.02. The Morgan fingerprint density at radius 3 is 2.42 bits per heavy atom. The van der Waals surface area contributed by atoms with Crippen LogP contribution in [0.3, 0.4) is 0 Å². The molecule has 0 spiro atoms. The van der Waals surface area contributed by atoms with Crippen molar-refractivity contribution in [2.75, 3.05) is 14.2 Å². The molecule has 0 bridgehead atoms. The van der Waals surface area contributed by atoms with E-state index >= 15 is 0 Å². The second-order valence-electron chi connectivity index (χ2n) is 2.41. The Kier molecular flexibility index (Phi) is 6.15. The molecule has 0 fully saturated rings. The molecule has 12 heavy (non-hydrogen) atoms. The van der Waals surface area contributed by atoms with E-state index in [4.69, 9.17) is 4.74 Å². The molecule has 0 N–H and O–H groups in total. The fourth-order valence-corrected chi connectivity index (χ4v) is 0.788. The average molecular weight is 172 g/mol. The number of hydrogen-bond donors (Lipinski definition) is 0. The third-order valence-corrected chi connectivity index (χ3v) is 1.49. The maximum atomic E-state index is 10.9. The van der Waals surface area contributed by atoms with Gasteiger partial charge in [0.25, 0.3) is 0 Å². The molecule has 0 aromatic carbocycles. The monoisotopic (exact) mass is 172 g/mol. The van der Waals surface area contributed by atoms with Crippen molar-refractivity contribution in [3.05, 3.63) is 11.8 Å². The van der Waals surface area contributed by atoms with Crippen LogP contribution in [0.2, 0.25) is 0 Å². The molecule has 0 unspecified atom stereocenters. The number of carbonyl (C=O) groups is 1. The van der Waals surface area contributed by atoms with Crippen LogP contribution in [0.5, 0.6) is 0 Å². The topological polar surface area (TPSA) is 35.5 Å². The van der Waals surface area contributed by atoms with Crippen LogP contribution in [0, 0.1) is 0 Å². The van der Waals surface area contributed by atoms with E-state index < -0.39 is 5.97 Å². The van der Waals surface area contributed by atoms with Crippen LogP contribution in [0.25, 0.3) is 0 Å². The van der Waals surface area contributed by atoms with E-state index in [1.165, 1.54) is 14.2 Å². The molecule has 70 valence electrons. The first-order valence-electron chi connectivity index (χ1n) is 4.08. The summed E-state index contributed by atoms with van der Waals surface area (Å²) >= 11 is 0. The Morgan fingerprint density at radius 1 is 1.33 bits per heavy atom. The zero-order valence-corrected chi connectivity index (χ0v) is 7.92. The Morgan fingerprint density at radius 2 is 2.00 bits per heavy atom. The first kappa shape index (κ1) is 11.0. The molecule has 0 saturated heterocycles. The summed E-state index contributed by atoms with van der Waals surface area (Å²) in [4.78, 5) is 10.9. The highest BCUT2D eigenvalue weighted by Crippen LogP contribution is 2.03. The van der Waals surface area contributed by atoms with Crippen molar-refractivity contribution >= 4 is 5.97 Å². The predicted octanol–water partition coefficient (Wildman–Crippen LogP) is 1.88. The fraction of sp³-hybridized carbons (Fsp3) is 0.667. The minimum Gasteiger partial charge on any atom is -0.490 e. The van der Waals surface area contributed by atoms with Crippen LogP contribution in [0.1, 0.15) is 26.2 Å². The second kappa shape index (κ2) is 6.70. The van der Waals surface area contributed by atoms with Crippen LogP contribution >= 0.6 is 0 Å². The van der Waals surface area contributed by atoms with Crippen LogP contribution in [-0.2, 0) is 14.3 Å². The molecule has 0 aromatic rings. The maximum absolute atomic E-state index is 10.9. The summed E-state index contributed by atoms with van der Waals surface area (Å²) in [7, 11) is 2.81. The van der Waals surface area contributed by atoms with Gasteiger partial charge < -0.3 is 9.47 Å². The van der Waals surface area contributed by atoms with Gasteiger partial charge in [0.05, 0.1) is 14.2 Å². The van der Waals surface area contributed by atoms with E-state index in [9.17, 15) is 4.79 Å².